The first-order chi connectivity index (χ1) is 15.7. The molecule has 4 rings (SSSR count). The largest absolute Gasteiger partial charge is 0.445 e. The fourth-order valence-corrected chi connectivity index (χ4v) is 4.90. The standard InChI is InChI=1S/C26H26O5S/c27-23-24(30-17-20-12-6-2-7-13-20)22(18-29-16-19-10-4-1-5-11-19)32-26(23)31-25(28)21-14-8-3-9-15-21/h1-15,22-24,26-27H,16-18H2/t22-,23+,24-,26?/m1/s1. The van der Waals surface area contributed by atoms with Gasteiger partial charge in [0.1, 0.15) is 12.2 Å². The molecule has 3 aromatic rings. The molecule has 166 valence electrons. The van der Waals surface area contributed by atoms with E-state index in [2.05, 4.69) is 0 Å². The van der Waals surface area contributed by atoms with Crippen molar-refractivity contribution in [2.75, 3.05) is 6.61 Å². The Bertz CT molecular complexity index is 967. The summed E-state index contributed by atoms with van der Waals surface area (Å²) in [5.74, 6) is -0.463. The molecule has 6 heteroatoms. The molecule has 1 N–H and O–H groups in total. The zero-order valence-electron chi connectivity index (χ0n) is 17.6. The SMILES string of the molecule is O=C(OC1S[C@H](COCc2ccccc2)[C@@H](OCc2ccccc2)[C@@H]1O)c1ccccc1. The minimum absolute atomic E-state index is 0.175. The molecule has 0 aliphatic carbocycles. The van der Waals surface area contributed by atoms with Gasteiger partial charge >= 0.3 is 5.97 Å². The van der Waals surface area contributed by atoms with Gasteiger partial charge in [0.25, 0.3) is 0 Å². The summed E-state index contributed by atoms with van der Waals surface area (Å²) < 4.78 is 17.6. The third kappa shape index (κ3) is 5.99. The van der Waals surface area contributed by atoms with Crippen LogP contribution in [0.25, 0.3) is 0 Å². The summed E-state index contributed by atoms with van der Waals surface area (Å²) in [6.07, 6.45) is -1.48. The molecule has 0 amide bonds. The highest BCUT2D eigenvalue weighted by Crippen LogP contribution is 2.38. The average molecular weight is 451 g/mol. The van der Waals surface area contributed by atoms with Crippen LogP contribution in [0.5, 0.6) is 0 Å². The molecule has 1 saturated heterocycles. The molecule has 0 spiro atoms. The van der Waals surface area contributed by atoms with Gasteiger partial charge < -0.3 is 19.3 Å². The summed E-state index contributed by atoms with van der Waals surface area (Å²) in [5, 5.41) is 10.8. The monoisotopic (exact) mass is 450 g/mol. The van der Waals surface area contributed by atoms with Gasteiger partial charge in [-0.3, -0.25) is 0 Å². The van der Waals surface area contributed by atoms with Gasteiger partial charge in [-0.1, -0.05) is 78.9 Å². The van der Waals surface area contributed by atoms with Crippen molar-refractivity contribution >= 4 is 17.7 Å². The zero-order valence-corrected chi connectivity index (χ0v) is 18.4. The lowest BCUT2D eigenvalue weighted by atomic mass is 10.1. The van der Waals surface area contributed by atoms with Gasteiger partial charge in [0, 0.05) is 0 Å². The molecule has 4 atom stereocenters. The van der Waals surface area contributed by atoms with Crippen molar-refractivity contribution in [2.45, 2.75) is 36.1 Å². The van der Waals surface area contributed by atoms with Crippen LogP contribution >= 0.6 is 11.8 Å². The van der Waals surface area contributed by atoms with E-state index in [1.54, 1.807) is 24.3 Å². The Morgan fingerprint density at radius 1 is 0.812 bits per heavy atom. The predicted octanol–water partition coefficient (Wildman–Crippen LogP) is 4.45. The van der Waals surface area contributed by atoms with Crippen molar-refractivity contribution in [3.63, 3.8) is 0 Å². The van der Waals surface area contributed by atoms with Gasteiger partial charge in [-0.25, -0.2) is 4.79 Å². The van der Waals surface area contributed by atoms with Crippen LogP contribution in [0, 0.1) is 0 Å². The molecule has 0 bridgehead atoms. The quantitative estimate of drug-likeness (QED) is 0.486. The summed E-state index contributed by atoms with van der Waals surface area (Å²) >= 11 is 1.38. The number of thioether (sulfide) groups is 1. The van der Waals surface area contributed by atoms with Crippen LogP contribution in [0.15, 0.2) is 91.0 Å². The minimum Gasteiger partial charge on any atom is -0.445 e. The van der Waals surface area contributed by atoms with Crippen molar-refractivity contribution in [3.05, 3.63) is 108 Å². The van der Waals surface area contributed by atoms with Gasteiger partial charge in [-0.2, -0.15) is 0 Å². The molecule has 0 aromatic heterocycles. The Morgan fingerprint density at radius 3 is 2.00 bits per heavy atom. The Hall–Kier alpha value is -2.64. The number of ether oxygens (including phenoxy) is 3. The molecule has 0 saturated carbocycles. The van der Waals surface area contributed by atoms with Gasteiger partial charge in [0.2, 0.25) is 0 Å². The van der Waals surface area contributed by atoms with Gasteiger partial charge in [-0.05, 0) is 23.3 Å². The fraction of sp³-hybridized carbons (Fsp3) is 0.269. The molecule has 3 aromatic carbocycles. The third-order valence-corrected chi connectivity index (χ3v) is 6.60. The number of aliphatic hydroxyl groups is 1. The predicted molar refractivity (Wildman–Crippen MR) is 124 cm³/mol. The van der Waals surface area contributed by atoms with Crippen LogP contribution in [-0.2, 0) is 27.4 Å². The number of carbonyl (C=O) groups is 1. The number of benzene rings is 3. The van der Waals surface area contributed by atoms with E-state index in [0.29, 0.717) is 25.4 Å². The molecule has 1 aliphatic heterocycles. The van der Waals surface area contributed by atoms with E-state index in [4.69, 9.17) is 14.2 Å². The maximum absolute atomic E-state index is 12.5. The van der Waals surface area contributed by atoms with E-state index in [0.717, 1.165) is 11.1 Å². The summed E-state index contributed by atoms with van der Waals surface area (Å²) in [4.78, 5) is 12.5. The van der Waals surface area contributed by atoms with Crippen LogP contribution < -0.4 is 0 Å². The zero-order chi connectivity index (χ0) is 22.2. The van der Waals surface area contributed by atoms with Gasteiger partial charge in [0.15, 0.2) is 5.44 Å². The maximum atomic E-state index is 12.5. The first kappa shape index (κ1) is 22.6. The number of aliphatic hydroxyl groups excluding tert-OH is 1. The average Bonchev–Trinajstić information content (AvgIpc) is 3.13. The van der Waals surface area contributed by atoms with E-state index in [9.17, 15) is 9.90 Å². The molecule has 0 radical (unpaired) electrons. The lowest BCUT2D eigenvalue weighted by Gasteiger charge is -2.22. The number of rotatable bonds is 9. The van der Waals surface area contributed by atoms with Crippen LogP contribution in [-0.4, -0.2) is 40.6 Å². The van der Waals surface area contributed by atoms with E-state index >= 15 is 0 Å². The number of hydrogen-bond acceptors (Lipinski definition) is 6. The normalized spacial score (nSPS) is 22.5. The lowest BCUT2D eigenvalue weighted by Crippen LogP contribution is -2.38. The van der Waals surface area contributed by atoms with Crippen molar-refractivity contribution in [2.24, 2.45) is 0 Å². The summed E-state index contributed by atoms with van der Waals surface area (Å²) in [6, 6.07) is 28.5. The van der Waals surface area contributed by atoms with E-state index in [-0.39, 0.29) is 5.25 Å². The molecule has 1 aliphatic rings. The number of carbonyl (C=O) groups excluding carboxylic acids is 1. The molecule has 5 nitrogen and oxygen atoms in total. The molecule has 1 heterocycles. The van der Waals surface area contributed by atoms with Crippen molar-refractivity contribution in [1.82, 2.24) is 0 Å². The summed E-state index contributed by atoms with van der Waals surface area (Å²) in [7, 11) is 0. The van der Waals surface area contributed by atoms with Gasteiger partial charge in [-0.15, -0.1) is 11.8 Å². The first-order valence-electron chi connectivity index (χ1n) is 10.6. The highest BCUT2D eigenvalue weighted by atomic mass is 32.2. The summed E-state index contributed by atoms with van der Waals surface area (Å²) in [6.45, 7) is 1.20. The van der Waals surface area contributed by atoms with E-state index < -0.39 is 23.6 Å². The Morgan fingerprint density at radius 2 is 1.38 bits per heavy atom. The highest BCUT2D eigenvalue weighted by Gasteiger charge is 2.46. The van der Waals surface area contributed by atoms with Crippen LogP contribution in [0.4, 0.5) is 0 Å². The summed E-state index contributed by atoms with van der Waals surface area (Å²) in [5.41, 5.74) is 1.81. The molecule has 1 fully saturated rings. The van der Waals surface area contributed by atoms with Crippen molar-refractivity contribution in [3.8, 4) is 0 Å². The number of hydrogen-bond donors (Lipinski definition) is 1. The topological polar surface area (TPSA) is 65.0 Å². The van der Waals surface area contributed by atoms with Crippen molar-refractivity contribution < 1.29 is 24.1 Å². The Kier molecular flexibility index (Phi) is 7.96. The van der Waals surface area contributed by atoms with E-state index in [1.807, 2.05) is 66.7 Å². The van der Waals surface area contributed by atoms with E-state index in [1.165, 1.54) is 11.8 Å². The molecule has 1 unspecified atom stereocenters. The Labute approximate surface area is 192 Å². The molecular formula is C26H26O5S. The van der Waals surface area contributed by atoms with Crippen molar-refractivity contribution in [1.29, 1.82) is 0 Å². The molecule has 32 heavy (non-hydrogen) atoms. The third-order valence-electron chi connectivity index (χ3n) is 5.20. The minimum atomic E-state index is -0.957. The number of esters is 1. The smallest absolute Gasteiger partial charge is 0.339 e. The fourth-order valence-electron chi connectivity index (χ4n) is 3.52. The lowest BCUT2D eigenvalue weighted by molar-refractivity contribution is -0.0744. The maximum Gasteiger partial charge on any atom is 0.339 e. The Balaban J connectivity index is 1.40. The first-order valence-corrected chi connectivity index (χ1v) is 11.5. The second-order valence-corrected chi connectivity index (χ2v) is 8.91. The second-order valence-electron chi connectivity index (χ2n) is 7.57. The van der Waals surface area contributed by atoms with Crippen LogP contribution in [0.1, 0.15) is 21.5 Å². The second kappa shape index (κ2) is 11.3. The van der Waals surface area contributed by atoms with Crippen LogP contribution in [0.3, 0.4) is 0 Å². The van der Waals surface area contributed by atoms with Gasteiger partial charge in [0.05, 0.1) is 30.6 Å². The van der Waals surface area contributed by atoms with Crippen LogP contribution in [0.2, 0.25) is 0 Å². The highest BCUT2D eigenvalue weighted by molar-refractivity contribution is 8.00. The molecular weight excluding hydrogens is 424 g/mol.